The SMILES string of the molecule is Cc1ccc([N+](=O)[O-])cc1S(=O)(=O)N1CCC(C(=O)NC2CCC3CCCCC3C2)CC1. The number of carbonyl (C=O) groups is 1. The maximum Gasteiger partial charge on any atom is 0.270 e. The normalized spacial score (nSPS) is 27.5. The van der Waals surface area contributed by atoms with Crippen molar-refractivity contribution in [2.45, 2.75) is 75.6 Å². The highest BCUT2D eigenvalue weighted by atomic mass is 32.2. The third-order valence-electron chi connectivity index (χ3n) is 7.71. The molecule has 3 atom stereocenters. The van der Waals surface area contributed by atoms with Crippen molar-refractivity contribution in [1.82, 2.24) is 9.62 Å². The zero-order valence-electron chi connectivity index (χ0n) is 18.7. The van der Waals surface area contributed by atoms with Gasteiger partial charge in [-0.05, 0) is 56.4 Å². The Morgan fingerprint density at radius 1 is 1.06 bits per heavy atom. The molecule has 1 aliphatic heterocycles. The van der Waals surface area contributed by atoms with Gasteiger partial charge in [-0.3, -0.25) is 14.9 Å². The molecule has 176 valence electrons. The van der Waals surface area contributed by atoms with Crippen molar-refractivity contribution in [3.63, 3.8) is 0 Å². The largest absolute Gasteiger partial charge is 0.353 e. The van der Waals surface area contributed by atoms with E-state index < -0.39 is 14.9 Å². The van der Waals surface area contributed by atoms with Gasteiger partial charge in [0.2, 0.25) is 15.9 Å². The number of nitro groups is 1. The predicted octanol–water partition coefficient (Wildman–Crippen LogP) is 3.78. The highest BCUT2D eigenvalue weighted by Crippen LogP contribution is 2.40. The van der Waals surface area contributed by atoms with Gasteiger partial charge in [0.05, 0.1) is 9.82 Å². The Balaban J connectivity index is 1.34. The minimum Gasteiger partial charge on any atom is -0.353 e. The minimum atomic E-state index is -3.84. The third-order valence-corrected chi connectivity index (χ3v) is 9.75. The Morgan fingerprint density at radius 3 is 2.44 bits per heavy atom. The van der Waals surface area contributed by atoms with Gasteiger partial charge in [0.15, 0.2) is 0 Å². The Bertz CT molecular complexity index is 972. The second-order valence-electron chi connectivity index (χ2n) is 9.71. The van der Waals surface area contributed by atoms with Crippen molar-refractivity contribution in [3.8, 4) is 0 Å². The van der Waals surface area contributed by atoms with Gasteiger partial charge in [0.25, 0.3) is 5.69 Å². The minimum absolute atomic E-state index is 0.0288. The molecule has 3 fully saturated rings. The molecule has 1 heterocycles. The highest BCUT2D eigenvalue weighted by Gasteiger charge is 2.36. The average Bonchev–Trinajstić information content (AvgIpc) is 2.79. The summed E-state index contributed by atoms with van der Waals surface area (Å²) in [7, 11) is -3.84. The first-order valence-corrected chi connectivity index (χ1v) is 13.3. The number of nitrogens with one attached hydrogen (secondary N) is 1. The summed E-state index contributed by atoms with van der Waals surface area (Å²) in [5.74, 6) is 1.44. The van der Waals surface area contributed by atoms with Gasteiger partial charge in [-0.1, -0.05) is 31.7 Å². The monoisotopic (exact) mass is 463 g/mol. The molecule has 1 saturated heterocycles. The van der Waals surface area contributed by atoms with Gasteiger partial charge in [-0.15, -0.1) is 0 Å². The number of carbonyl (C=O) groups excluding carboxylic acids is 1. The number of nitro benzene ring substituents is 1. The number of amides is 1. The van der Waals surface area contributed by atoms with Crippen LogP contribution in [0.2, 0.25) is 0 Å². The van der Waals surface area contributed by atoms with Crippen LogP contribution in [0.4, 0.5) is 5.69 Å². The van der Waals surface area contributed by atoms with E-state index in [4.69, 9.17) is 0 Å². The van der Waals surface area contributed by atoms with Crippen LogP contribution in [0.5, 0.6) is 0 Å². The van der Waals surface area contributed by atoms with Crippen LogP contribution in [0.1, 0.15) is 63.4 Å². The number of benzene rings is 1. The number of non-ortho nitro benzene ring substituents is 1. The maximum atomic E-state index is 13.1. The van der Waals surface area contributed by atoms with Crippen LogP contribution in [-0.4, -0.2) is 42.7 Å². The van der Waals surface area contributed by atoms with Crippen molar-refractivity contribution in [1.29, 1.82) is 0 Å². The smallest absolute Gasteiger partial charge is 0.270 e. The fraction of sp³-hybridized carbons (Fsp3) is 0.696. The van der Waals surface area contributed by atoms with Crippen molar-refractivity contribution < 1.29 is 18.1 Å². The summed E-state index contributed by atoms with van der Waals surface area (Å²) >= 11 is 0. The van der Waals surface area contributed by atoms with Gasteiger partial charge >= 0.3 is 0 Å². The molecular formula is C23H33N3O5S. The number of piperidine rings is 1. The van der Waals surface area contributed by atoms with Crippen LogP contribution in [0.15, 0.2) is 23.1 Å². The zero-order chi connectivity index (χ0) is 22.9. The topological polar surface area (TPSA) is 110 Å². The Morgan fingerprint density at radius 2 is 1.75 bits per heavy atom. The summed E-state index contributed by atoms with van der Waals surface area (Å²) in [5, 5.41) is 14.3. The molecule has 32 heavy (non-hydrogen) atoms. The van der Waals surface area contributed by atoms with Gasteiger partial charge < -0.3 is 5.32 Å². The van der Waals surface area contributed by atoms with E-state index in [1.54, 1.807) is 6.92 Å². The average molecular weight is 464 g/mol. The van der Waals surface area contributed by atoms with Crippen LogP contribution in [0.25, 0.3) is 0 Å². The number of aryl methyl sites for hydroxylation is 1. The number of fused-ring (bicyclic) bond motifs is 1. The molecular weight excluding hydrogens is 430 g/mol. The highest BCUT2D eigenvalue weighted by molar-refractivity contribution is 7.89. The fourth-order valence-electron chi connectivity index (χ4n) is 5.80. The van der Waals surface area contributed by atoms with E-state index >= 15 is 0 Å². The lowest BCUT2D eigenvalue weighted by atomic mass is 9.69. The standard InChI is InChI=1S/C23H33N3O5S/c1-16-6-9-21(26(28)29)15-22(16)32(30,31)25-12-10-18(11-13-25)23(27)24-20-8-7-17-4-2-3-5-19(17)14-20/h6,9,15,17-20H,2-5,7-8,10-14H2,1H3,(H,24,27). The molecule has 3 unspecified atom stereocenters. The Labute approximate surface area is 190 Å². The summed E-state index contributed by atoms with van der Waals surface area (Å²) in [6, 6.07) is 4.15. The fourth-order valence-corrected chi connectivity index (χ4v) is 7.52. The van der Waals surface area contributed by atoms with Crippen LogP contribution in [-0.2, 0) is 14.8 Å². The molecule has 2 saturated carbocycles. The number of hydrogen-bond acceptors (Lipinski definition) is 5. The van der Waals surface area contributed by atoms with E-state index in [0.717, 1.165) is 30.7 Å². The van der Waals surface area contributed by atoms with Crippen molar-refractivity contribution >= 4 is 21.6 Å². The predicted molar refractivity (Wildman–Crippen MR) is 121 cm³/mol. The number of rotatable bonds is 5. The quantitative estimate of drug-likeness (QED) is 0.528. The van der Waals surface area contributed by atoms with Gasteiger partial charge in [-0.25, -0.2) is 8.42 Å². The molecule has 0 radical (unpaired) electrons. The van der Waals surface area contributed by atoms with Crippen molar-refractivity contribution in [2.75, 3.05) is 13.1 Å². The first-order chi connectivity index (χ1) is 15.3. The lowest BCUT2D eigenvalue weighted by molar-refractivity contribution is -0.385. The molecule has 1 aromatic rings. The molecule has 3 aliphatic rings. The van der Waals surface area contributed by atoms with Gasteiger partial charge in [0, 0.05) is 37.2 Å². The summed E-state index contributed by atoms with van der Waals surface area (Å²) in [4.78, 5) is 23.3. The van der Waals surface area contributed by atoms with E-state index in [1.807, 2.05) is 0 Å². The molecule has 0 bridgehead atoms. The lowest BCUT2D eigenvalue weighted by Gasteiger charge is -2.40. The van der Waals surface area contributed by atoms with Crippen molar-refractivity contribution in [2.24, 2.45) is 17.8 Å². The number of sulfonamides is 1. The molecule has 0 spiro atoms. The summed E-state index contributed by atoms with van der Waals surface area (Å²) in [6.45, 7) is 2.13. The molecule has 9 heteroatoms. The molecule has 2 aliphatic carbocycles. The molecule has 1 aromatic carbocycles. The first kappa shape index (κ1) is 23.2. The number of nitrogens with zero attached hydrogens (tertiary/aromatic N) is 2. The molecule has 4 rings (SSSR count). The molecule has 1 amide bonds. The van der Waals surface area contributed by atoms with Crippen LogP contribution >= 0.6 is 0 Å². The van der Waals surface area contributed by atoms with E-state index in [0.29, 0.717) is 18.4 Å². The second-order valence-corrected chi connectivity index (χ2v) is 11.6. The molecule has 0 aromatic heterocycles. The summed E-state index contributed by atoms with van der Waals surface area (Å²) in [6.07, 6.45) is 9.54. The van der Waals surface area contributed by atoms with Crippen molar-refractivity contribution in [3.05, 3.63) is 33.9 Å². The van der Waals surface area contributed by atoms with Crippen LogP contribution in [0, 0.1) is 34.8 Å². The first-order valence-electron chi connectivity index (χ1n) is 11.8. The molecule has 1 N–H and O–H groups in total. The van der Waals surface area contributed by atoms with Gasteiger partial charge in [-0.2, -0.15) is 4.31 Å². The van der Waals surface area contributed by atoms with E-state index in [1.165, 1.54) is 48.5 Å². The van der Waals surface area contributed by atoms with E-state index in [-0.39, 0.29) is 41.5 Å². The second kappa shape index (κ2) is 9.47. The van der Waals surface area contributed by atoms with Crippen LogP contribution < -0.4 is 5.32 Å². The Hall–Kier alpha value is -2.00. The third kappa shape index (κ3) is 4.83. The van der Waals surface area contributed by atoms with E-state index in [2.05, 4.69) is 5.32 Å². The molecule has 8 nitrogen and oxygen atoms in total. The van der Waals surface area contributed by atoms with Gasteiger partial charge in [0.1, 0.15) is 0 Å². The zero-order valence-corrected chi connectivity index (χ0v) is 19.5. The summed E-state index contributed by atoms with van der Waals surface area (Å²) < 4.78 is 27.6. The van der Waals surface area contributed by atoms with Crippen LogP contribution in [0.3, 0.4) is 0 Å². The lowest BCUT2D eigenvalue weighted by Crippen LogP contribution is -2.47. The summed E-state index contributed by atoms with van der Waals surface area (Å²) in [5.41, 5.74) is 0.241. The van der Waals surface area contributed by atoms with E-state index in [9.17, 15) is 23.3 Å². The maximum absolute atomic E-state index is 13.1. The number of hydrogen-bond donors (Lipinski definition) is 1. The Kier molecular flexibility index (Phi) is 6.86.